The molecule has 0 spiro atoms. The van der Waals surface area contributed by atoms with E-state index < -0.39 is 0 Å². The number of hydrogen-bond donors (Lipinski definition) is 2. The molecule has 1 aromatic rings. The van der Waals surface area contributed by atoms with Gasteiger partial charge in [0.25, 0.3) is 0 Å². The molecule has 1 aromatic carbocycles. The van der Waals surface area contributed by atoms with Gasteiger partial charge in [0.1, 0.15) is 0 Å². The lowest BCUT2D eigenvalue weighted by atomic mass is 10.2. The molecule has 0 aliphatic carbocycles. The molecular formula is C22H37N5. The van der Waals surface area contributed by atoms with E-state index >= 15 is 0 Å². The normalized spacial score (nSPS) is 14.7. The van der Waals surface area contributed by atoms with Crippen LogP contribution < -0.4 is 15.5 Å². The van der Waals surface area contributed by atoms with Crippen molar-refractivity contribution in [3.63, 3.8) is 0 Å². The highest BCUT2D eigenvalue weighted by Crippen LogP contribution is 2.17. The van der Waals surface area contributed by atoms with Gasteiger partial charge in [-0.3, -0.25) is 9.89 Å². The number of nitrogens with one attached hydrogen (secondary N) is 2. The average molecular weight is 372 g/mol. The summed E-state index contributed by atoms with van der Waals surface area (Å²) in [4.78, 5) is 9.21. The van der Waals surface area contributed by atoms with Gasteiger partial charge in [-0.2, -0.15) is 0 Å². The number of nitrogens with zero attached hydrogens (tertiary/aromatic N) is 3. The van der Waals surface area contributed by atoms with Gasteiger partial charge in [0.05, 0.1) is 0 Å². The van der Waals surface area contributed by atoms with Crippen LogP contribution in [0.3, 0.4) is 0 Å². The van der Waals surface area contributed by atoms with Crippen molar-refractivity contribution in [3.05, 3.63) is 42.0 Å². The quantitative estimate of drug-likeness (QED) is 0.303. The van der Waals surface area contributed by atoms with E-state index in [1.54, 1.807) is 0 Å². The zero-order valence-corrected chi connectivity index (χ0v) is 17.7. The molecule has 0 amide bonds. The van der Waals surface area contributed by atoms with Crippen LogP contribution in [0.15, 0.2) is 41.4 Å². The van der Waals surface area contributed by atoms with Gasteiger partial charge in [0, 0.05) is 57.5 Å². The van der Waals surface area contributed by atoms with E-state index in [0.29, 0.717) is 12.1 Å². The van der Waals surface area contributed by atoms with Crippen molar-refractivity contribution >= 4 is 11.6 Å². The molecule has 0 unspecified atom stereocenters. The fourth-order valence-corrected chi connectivity index (χ4v) is 3.50. The van der Waals surface area contributed by atoms with Crippen LogP contribution in [-0.4, -0.2) is 56.2 Å². The summed E-state index contributed by atoms with van der Waals surface area (Å²) in [6, 6.07) is 9.96. The number of aliphatic imine (C=N–C) groups is 1. The Balaban J connectivity index is 1.70. The Kier molecular flexibility index (Phi) is 8.65. The minimum Gasteiger partial charge on any atom is -0.364 e. The topological polar surface area (TPSA) is 42.9 Å². The minimum absolute atomic E-state index is 0.585. The van der Waals surface area contributed by atoms with Crippen LogP contribution in [0.2, 0.25) is 0 Å². The standard InChI is InChI=1S/C22H37N5/c1-18(2)27(19(3)4)16-8-13-24-22(23-5)25-17-20-9-11-21(12-10-20)26-14-6-7-15-26/h6-7,9-12,18-19H,8,13-17H2,1-5H3,(H2,23,24,25). The van der Waals surface area contributed by atoms with Crippen molar-refractivity contribution in [1.82, 2.24) is 15.5 Å². The highest BCUT2D eigenvalue weighted by atomic mass is 15.2. The van der Waals surface area contributed by atoms with Gasteiger partial charge in [-0.25, -0.2) is 0 Å². The van der Waals surface area contributed by atoms with Crippen LogP contribution >= 0.6 is 0 Å². The fourth-order valence-electron chi connectivity index (χ4n) is 3.50. The summed E-state index contributed by atoms with van der Waals surface area (Å²) in [5.74, 6) is 0.864. The number of guanidine groups is 1. The van der Waals surface area contributed by atoms with Gasteiger partial charge < -0.3 is 15.5 Å². The van der Waals surface area contributed by atoms with Crippen molar-refractivity contribution in [2.75, 3.05) is 38.1 Å². The van der Waals surface area contributed by atoms with Gasteiger partial charge in [-0.1, -0.05) is 24.3 Å². The molecule has 0 aromatic heterocycles. The second kappa shape index (κ2) is 11.0. The van der Waals surface area contributed by atoms with E-state index in [1.807, 2.05) is 7.05 Å². The monoisotopic (exact) mass is 371 g/mol. The molecule has 0 radical (unpaired) electrons. The SMILES string of the molecule is CN=C(NCCCN(C(C)C)C(C)C)NCc1ccc(N2CC=CC2)cc1. The summed E-state index contributed by atoms with van der Waals surface area (Å²) in [5.41, 5.74) is 2.55. The second-order valence-corrected chi connectivity index (χ2v) is 7.67. The highest BCUT2D eigenvalue weighted by Gasteiger charge is 2.12. The molecule has 2 N–H and O–H groups in total. The molecule has 1 aliphatic rings. The van der Waals surface area contributed by atoms with E-state index in [1.165, 1.54) is 11.3 Å². The van der Waals surface area contributed by atoms with Gasteiger partial charge in [-0.15, -0.1) is 0 Å². The Hall–Kier alpha value is -2.01. The zero-order chi connectivity index (χ0) is 19.6. The Morgan fingerprint density at radius 2 is 1.67 bits per heavy atom. The third-order valence-electron chi connectivity index (χ3n) is 5.02. The predicted molar refractivity (Wildman–Crippen MR) is 118 cm³/mol. The van der Waals surface area contributed by atoms with Gasteiger partial charge in [0.15, 0.2) is 5.96 Å². The van der Waals surface area contributed by atoms with Crippen LogP contribution in [0.5, 0.6) is 0 Å². The third kappa shape index (κ3) is 6.90. The molecule has 1 heterocycles. The molecule has 5 nitrogen and oxygen atoms in total. The van der Waals surface area contributed by atoms with Gasteiger partial charge in [0.2, 0.25) is 0 Å². The third-order valence-corrected chi connectivity index (χ3v) is 5.02. The number of hydrogen-bond acceptors (Lipinski definition) is 3. The first-order valence-electron chi connectivity index (χ1n) is 10.2. The van der Waals surface area contributed by atoms with E-state index in [0.717, 1.165) is 45.1 Å². The largest absolute Gasteiger partial charge is 0.364 e. The molecule has 0 bridgehead atoms. The molecule has 2 rings (SSSR count). The summed E-state index contributed by atoms with van der Waals surface area (Å²) >= 11 is 0. The predicted octanol–water partition coefficient (Wildman–Crippen LogP) is 3.24. The van der Waals surface area contributed by atoms with Crippen molar-refractivity contribution in [3.8, 4) is 0 Å². The van der Waals surface area contributed by atoms with Crippen molar-refractivity contribution < 1.29 is 0 Å². The zero-order valence-electron chi connectivity index (χ0n) is 17.7. The van der Waals surface area contributed by atoms with Crippen molar-refractivity contribution in [2.24, 2.45) is 4.99 Å². The average Bonchev–Trinajstić information content (AvgIpc) is 3.18. The first-order chi connectivity index (χ1) is 13.0. The van der Waals surface area contributed by atoms with E-state index in [2.05, 4.69) is 89.5 Å². The summed E-state index contributed by atoms with van der Waals surface area (Å²) in [6.45, 7) is 13.9. The van der Waals surface area contributed by atoms with Crippen LogP contribution in [-0.2, 0) is 6.54 Å². The molecule has 0 atom stereocenters. The molecule has 0 fully saturated rings. The van der Waals surface area contributed by atoms with Crippen LogP contribution in [0, 0.1) is 0 Å². The molecular weight excluding hydrogens is 334 g/mol. The van der Waals surface area contributed by atoms with Gasteiger partial charge >= 0.3 is 0 Å². The maximum atomic E-state index is 4.33. The summed E-state index contributed by atoms with van der Waals surface area (Å²) < 4.78 is 0. The Morgan fingerprint density at radius 1 is 1.04 bits per heavy atom. The molecule has 27 heavy (non-hydrogen) atoms. The molecule has 1 aliphatic heterocycles. The van der Waals surface area contributed by atoms with E-state index in [-0.39, 0.29) is 0 Å². The maximum Gasteiger partial charge on any atom is 0.191 e. The second-order valence-electron chi connectivity index (χ2n) is 7.67. The molecule has 0 saturated heterocycles. The number of anilines is 1. The van der Waals surface area contributed by atoms with E-state index in [4.69, 9.17) is 0 Å². The Labute approximate surface area is 165 Å². The first kappa shape index (κ1) is 21.3. The Morgan fingerprint density at radius 3 is 2.22 bits per heavy atom. The van der Waals surface area contributed by atoms with Crippen LogP contribution in [0.1, 0.15) is 39.7 Å². The summed E-state index contributed by atoms with van der Waals surface area (Å²) in [6.07, 6.45) is 5.54. The van der Waals surface area contributed by atoms with Crippen molar-refractivity contribution in [2.45, 2.75) is 52.7 Å². The maximum absolute atomic E-state index is 4.33. The van der Waals surface area contributed by atoms with Crippen LogP contribution in [0.4, 0.5) is 5.69 Å². The lowest BCUT2D eigenvalue weighted by Gasteiger charge is -2.30. The van der Waals surface area contributed by atoms with E-state index in [9.17, 15) is 0 Å². The van der Waals surface area contributed by atoms with Crippen LogP contribution in [0.25, 0.3) is 0 Å². The highest BCUT2D eigenvalue weighted by molar-refractivity contribution is 5.79. The summed E-state index contributed by atoms with van der Waals surface area (Å²) in [7, 11) is 1.83. The number of benzene rings is 1. The molecule has 0 saturated carbocycles. The smallest absolute Gasteiger partial charge is 0.191 e. The lowest BCUT2D eigenvalue weighted by Crippen LogP contribution is -2.41. The lowest BCUT2D eigenvalue weighted by molar-refractivity contribution is 0.173. The molecule has 5 heteroatoms. The minimum atomic E-state index is 0.585. The number of rotatable bonds is 9. The summed E-state index contributed by atoms with van der Waals surface area (Å²) in [5, 5.41) is 6.83. The fraction of sp³-hybridized carbons (Fsp3) is 0.591. The Bertz CT molecular complexity index is 588. The van der Waals surface area contributed by atoms with Gasteiger partial charge in [-0.05, 0) is 51.8 Å². The first-order valence-corrected chi connectivity index (χ1v) is 10.2. The van der Waals surface area contributed by atoms with Crippen molar-refractivity contribution in [1.29, 1.82) is 0 Å². The molecule has 150 valence electrons.